The molecule has 2 aromatic rings. The third-order valence-electron chi connectivity index (χ3n) is 2.85. The molecule has 1 aliphatic rings. The zero-order valence-electron chi connectivity index (χ0n) is 8.62. The monoisotopic (exact) mass is 234 g/mol. The molecule has 2 heterocycles. The van der Waals surface area contributed by atoms with Crippen LogP contribution in [0.1, 0.15) is 16.9 Å². The molecular weight excluding hydrogens is 224 g/mol. The van der Waals surface area contributed by atoms with Crippen LogP contribution in [0.5, 0.6) is 0 Å². The molecule has 0 unspecified atom stereocenters. The predicted octanol–water partition coefficient (Wildman–Crippen LogP) is 2.37. The minimum Gasteiger partial charge on any atom is -0.459 e. The van der Waals surface area contributed by atoms with E-state index in [1.807, 2.05) is 12.1 Å². The van der Waals surface area contributed by atoms with Gasteiger partial charge >= 0.3 is 0 Å². The van der Waals surface area contributed by atoms with Crippen molar-refractivity contribution in [1.82, 2.24) is 5.32 Å². The standard InChI is InChI=1S/C12H10N2O.ClH/c13-6-8-2-1-3-9-10-7-14-5-4-11(10)15-12(8)9;/h1-3,14H,4-5,7H2;1H. The van der Waals surface area contributed by atoms with Crippen molar-refractivity contribution >= 4 is 23.4 Å². The van der Waals surface area contributed by atoms with Crippen LogP contribution in [0, 0.1) is 11.3 Å². The molecule has 1 aliphatic heterocycles. The second kappa shape index (κ2) is 4.17. The molecule has 16 heavy (non-hydrogen) atoms. The fourth-order valence-electron chi connectivity index (χ4n) is 2.12. The summed E-state index contributed by atoms with van der Waals surface area (Å²) >= 11 is 0. The molecule has 0 amide bonds. The van der Waals surface area contributed by atoms with Crippen molar-refractivity contribution in [2.45, 2.75) is 13.0 Å². The number of furan rings is 1. The number of benzene rings is 1. The average Bonchev–Trinajstić information content (AvgIpc) is 2.67. The second-order valence-corrected chi connectivity index (χ2v) is 3.72. The zero-order valence-corrected chi connectivity index (χ0v) is 9.43. The van der Waals surface area contributed by atoms with Crippen LogP contribution in [-0.2, 0) is 13.0 Å². The number of para-hydroxylation sites is 1. The molecule has 1 aromatic heterocycles. The molecule has 3 nitrogen and oxygen atoms in total. The summed E-state index contributed by atoms with van der Waals surface area (Å²) in [6.45, 7) is 1.80. The Bertz CT molecular complexity index is 568. The zero-order chi connectivity index (χ0) is 10.3. The first kappa shape index (κ1) is 11.0. The van der Waals surface area contributed by atoms with Gasteiger partial charge in [-0.15, -0.1) is 12.4 Å². The number of nitriles is 1. The van der Waals surface area contributed by atoms with Gasteiger partial charge in [-0.2, -0.15) is 5.26 Å². The topological polar surface area (TPSA) is 49.0 Å². The molecule has 1 N–H and O–H groups in total. The fourth-order valence-corrected chi connectivity index (χ4v) is 2.12. The number of nitrogens with one attached hydrogen (secondary N) is 1. The van der Waals surface area contributed by atoms with Crippen LogP contribution >= 0.6 is 12.4 Å². The summed E-state index contributed by atoms with van der Waals surface area (Å²) < 4.78 is 5.75. The van der Waals surface area contributed by atoms with Gasteiger partial charge in [-0.1, -0.05) is 12.1 Å². The van der Waals surface area contributed by atoms with Gasteiger partial charge in [0.15, 0.2) is 5.58 Å². The lowest BCUT2D eigenvalue weighted by molar-refractivity contribution is 0.500. The summed E-state index contributed by atoms with van der Waals surface area (Å²) in [6, 6.07) is 7.89. The normalized spacial score (nSPS) is 13.9. The molecule has 0 saturated carbocycles. The molecule has 0 aliphatic carbocycles. The smallest absolute Gasteiger partial charge is 0.152 e. The first-order valence-corrected chi connectivity index (χ1v) is 5.04. The first-order chi connectivity index (χ1) is 7.40. The molecular formula is C12H11ClN2O. The van der Waals surface area contributed by atoms with Gasteiger partial charge in [0, 0.05) is 30.5 Å². The van der Waals surface area contributed by atoms with E-state index in [1.165, 1.54) is 5.56 Å². The van der Waals surface area contributed by atoms with Crippen LogP contribution in [-0.4, -0.2) is 6.54 Å². The van der Waals surface area contributed by atoms with Gasteiger partial charge in [-0.3, -0.25) is 0 Å². The van der Waals surface area contributed by atoms with Gasteiger partial charge in [0.1, 0.15) is 11.8 Å². The van der Waals surface area contributed by atoms with Crippen molar-refractivity contribution in [3.63, 3.8) is 0 Å². The highest BCUT2D eigenvalue weighted by Gasteiger charge is 2.18. The number of rotatable bonds is 0. The SMILES string of the molecule is Cl.N#Cc1cccc2c3c(oc12)CCNC3. The Kier molecular flexibility index (Phi) is 2.86. The van der Waals surface area contributed by atoms with Gasteiger partial charge in [-0.25, -0.2) is 0 Å². The van der Waals surface area contributed by atoms with E-state index < -0.39 is 0 Å². The summed E-state index contributed by atoms with van der Waals surface area (Å²) in [5.41, 5.74) is 2.59. The van der Waals surface area contributed by atoms with Gasteiger partial charge < -0.3 is 9.73 Å². The minimum atomic E-state index is 0. The van der Waals surface area contributed by atoms with E-state index in [1.54, 1.807) is 6.07 Å². The highest BCUT2D eigenvalue weighted by molar-refractivity contribution is 5.87. The van der Waals surface area contributed by atoms with E-state index in [4.69, 9.17) is 9.68 Å². The van der Waals surface area contributed by atoms with E-state index in [0.717, 1.165) is 36.2 Å². The van der Waals surface area contributed by atoms with Crippen molar-refractivity contribution in [2.24, 2.45) is 0 Å². The Labute approximate surface area is 99.5 Å². The van der Waals surface area contributed by atoms with E-state index in [0.29, 0.717) is 5.56 Å². The molecule has 82 valence electrons. The van der Waals surface area contributed by atoms with Crippen molar-refractivity contribution in [1.29, 1.82) is 5.26 Å². The Morgan fingerprint density at radius 2 is 2.25 bits per heavy atom. The number of hydrogen-bond donors (Lipinski definition) is 1. The lowest BCUT2D eigenvalue weighted by Gasteiger charge is -2.10. The molecule has 3 rings (SSSR count). The summed E-state index contributed by atoms with van der Waals surface area (Å²) in [7, 11) is 0. The quantitative estimate of drug-likeness (QED) is 0.761. The van der Waals surface area contributed by atoms with Crippen molar-refractivity contribution in [2.75, 3.05) is 6.54 Å². The largest absolute Gasteiger partial charge is 0.459 e. The van der Waals surface area contributed by atoms with Crippen LogP contribution in [0.4, 0.5) is 0 Å². The molecule has 0 fully saturated rings. The van der Waals surface area contributed by atoms with Crippen molar-refractivity contribution in [3.05, 3.63) is 35.1 Å². The maximum atomic E-state index is 8.97. The molecule has 1 aromatic carbocycles. The predicted molar refractivity (Wildman–Crippen MR) is 63.6 cm³/mol. The number of nitrogens with zero attached hydrogens (tertiary/aromatic N) is 1. The average molecular weight is 235 g/mol. The van der Waals surface area contributed by atoms with E-state index in [-0.39, 0.29) is 12.4 Å². The molecule has 4 heteroatoms. The summed E-state index contributed by atoms with van der Waals surface area (Å²) in [4.78, 5) is 0. The Morgan fingerprint density at radius 1 is 1.38 bits per heavy atom. The van der Waals surface area contributed by atoms with Gasteiger partial charge in [0.25, 0.3) is 0 Å². The summed E-state index contributed by atoms with van der Waals surface area (Å²) in [5.74, 6) is 1.03. The first-order valence-electron chi connectivity index (χ1n) is 5.04. The second-order valence-electron chi connectivity index (χ2n) is 3.72. The van der Waals surface area contributed by atoms with E-state index in [2.05, 4.69) is 11.4 Å². The van der Waals surface area contributed by atoms with Crippen molar-refractivity contribution in [3.8, 4) is 6.07 Å². The third-order valence-corrected chi connectivity index (χ3v) is 2.85. The van der Waals surface area contributed by atoms with Gasteiger partial charge in [0.05, 0.1) is 5.56 Å². The maximum absolute atomic E-state index is 8.97. The number of halogens is 1. The molecule has 0 bridgehead atoms. The van der Waals surface area contributed by atoms with Crippen LogP contribution in [0.25, 0.3) is 11.0 Å². The third kappa shape index (κ3) is 1.47. The molecule has 0 saturated heterocycles. The highest BCUT2D eigenvalue weighted by Crippen LogP contribution is 2.29. The minimum absolute atomic E-state index is 0. The van der Waals surface area contributed by atoms with Gasteiger partial charge in [0.2, 0.25) is 0 Å². The van der Waals surface area contributed by atoms with Crippen molar-refractivity contribution < 1.29 is 4.42 Å². The van der Waals surface area contributed by atoms with E-state index in [9.17, 15) is 0 Å². The van der Waals surface area contributed by atoms with Crippen LogP contribution in [0.2, 0.25) is 0 Å². The Morgan fingerprint density at radius 3 is 3.06 bits per heavy atom. The Balaban J connectivity index is 0.000000963. The summed E-state index contributed by atoms with van der Waals surface area (Å²) in [5, 5.41) is 13.4. The number of fused-ring (bicyclic) bond motifs is 3. The van der Waals surface area contributed by atoms with Crippen LogP contribution in [0.15, 0.2) is 22.6 Å². The lowest BCUT2D eigenvalue weighted by atomic mass is 10.0. The molecule has 0 spiro atoms. The van der Waals surface area contributed by atoms with Crippen LogP contribution in [0.3, 0.4) is 0 Å². The maximum Gasteiger partial charge on any atom is 0.152 e. The lowest BCUT2D eigenvalue weighted by Crippen LogP contribution is -2.22. The number of hydrogen-bond acceptors (Lipinski definition) is 3. The fraction of sp³-hybridized carbons (Fsp3) is 0.250. The Hall–Kier alpha value is -1.50. The molecule has 0 atom stereocenters. The van der Waals surface area contributed by atoms with Gasteiger partial charge in [-0.05, 0) is 6.07 Å². The highest BCUT2D eigenvalue weighted by atomic mass is 35.5. The summed E-state index contributed by atoms with van der Waals surface area (Å²) in [6.07, 6.45) is 0.912. The van der Waals surface area contributed by atoms with E-state index >= 15 is 0 Å². The van der Waals surface area contributed by atoms with Crippen LogP contribution < -0.4 is 5.32 Å². The molecule has 0 radical (unpaired) electrons.